The molecular formula is C10H14N2O. The van der Waals surface area contributed by atoms with E-state index in [1.54, 1.807) is 12.5 Å². The fraction of sp³-hybridized carbons (Fsp3) is 0.500. The average molecular weight is 178 g/mol. The zero-order valence-corrected chi connectivity index (χ0v) is 8.24. The molecule has 0 N–H and O–H groups in total. The van der Waals surface area contributed by atoms with E-state index in [4.69, 9.17) is 4.42 Å². The van der Waals surface area contributed by atoms with Gasteiger partial charge in [0.05, 0.1) is 18.1 Å². The van der Waals surface area contributed by atoms with E-state index < -0.39 is 0 Å². The second-order valence-corrected chi connectivity index (χ2v) is 3.82. The minimum absolute atomic E-state index is 0.0168. The van der Waals surface area contributed by atoms with Gasteiger partial charge in [-0.05, 0) is 19.9 Å². The monoisotopic (exact) mass is 178 g/mol. The molecule has 1 aliphatic heterocycles. The van der Waals surface area contributed by atoms with Crippen LogP contribution >= 0.6 is 0 Å². The van der Waals surface area contributed by atoms with Gasteiger partial charge in [0.25, 0.3) is 0 Å². The molecule has 1 aliphatic rings. The van der Waals surface area contributed by atoms with E-state index in [-0.39, 0.29) is 5.54 Å². The van der Waals surface area contributed by atoms with Gasteiger partial charge in [0.15, 0.2) is 0 Å². The third kappa shape index (κ3) is 1.15. The topological polar surface area (TPSA) is 28.7 Å². The number of rotatable bonds is 1. The highest BCUT2D eigenvalue weighted by atomic mass is 16.3. The van der Waals surface area contributed by atoms with Gasteiger partial charge in [-0.3, -0.25) is 5.01 Å². The molecule has 0 amide bonds. The van der Waals surface area contributed by atoms with E-state index >= 15 is 0 Å². The van der Waals surface area contributed by atoms with Crippen molar-refractivity contribution in [3.05, 3.63) is 24.2 Å². The Bertz CT molecular complexity index is 329. The van der Waals surface area contributed by atoms with Gasteiger partial charge in [0.2, 0.25) is 0 Å². The molecule has 0 aliphatic carbocycles. The lowest BCUT2D eigenvalue weighted by molar-refractivity contribution is 0.173. The van der Waals surface area contributed by atoms with Crippen LogP contribution in [0.3, 0.4) is 0 Å². The summed E-state index contributed by atoms with van der Waals surface area (Å²) >= 11 is 0. The van der Waals surface area contributed by atoms with Gasteiger partial charge in [-0.15, -0.1) is 0 Å². The van der Waals surface area contributed by atoms with Crippen molar-refractivity contribution in [3.63, 3.8) is 0 Å². The molecule has 0 spiro atoms. The van der Waals surface area contributed by atoms with Crippen molar-refractivity contribution >= 4 is 5.71 Å². The highest BCUT2D eigenvalue weighted by Crippen LogP contribution is 2.35. The van der Waals surface area contributed by atoms with Gasteiger partial charge < -0.3 is 4.42 Å². The molecule has 13 heavy (non-hydrogen) atoms. The Labute approximate surface area is 78.0 Å². The molecule has 0 radical (unpaired) electrons. The number of hydrazone groups is 1. The van der Waals surface area contributed by atoms with Crippen LogP contribution in [0.25, 0.3) is 0 Å². The highest BCUT2D eigenvalue weighted by Gasteiger charge is 2.36. The molecule has 0 saturated heterocycles. The van der Waals surface area contributed by atoms with Crippen LogP contribution in [0.5, 0.6) is 0 Å². The molecule has 2 rings (SSSR count). The predicted molar refractivity (Wildman–Crippen MR) is 51.5 cm³/mol. The molecular weight excluding hydrogens is 164 g/mol. The second kappa shape index (κ2) is 2.62. The number of furan rings is 1. The maximum atomic E-state index is 5.10. The summed E-state index contributed by atoms with van der Waals surface area (Å²) in [4.78, 5) is 0. The molecule has 3 nitrogen and oxygen atoms in total. The molecule has 0 fully saturated rings. The lowest BCUT2D eigenvalue weighted by Crippen LogP contribution is -2.33. The second-order valence-electron chi connectivity index (χ2n) is 3.82. The minimum Gasteiger partial charge on any atom is -0.472 e. The Hall–Kier alpha value is -1.25. The Morgan fingerprint density at radius 1 is 1.62 bits per heavy atom. The van der Waals surface area contributed by atoms with Crippen LogP contribution in [0, 0.1) is 0 Å². The van der Waals surface area contributed by atoms with Crippen molar-refractivity contribution < 1.29 is 4.42 Å². The van der Waals surface area contributed by atoms with Gasteiger partial charge in [-0.25, -0.2) is 0 Å². The van der Waals surface area contributed by atoms with Crippen molar-refractivity contribution in [2.24, 2.45) is 5.10 Å². The molecule has 70 valence electrons. The van der Waals surface area contributed by atoms with Gasteiger partial charge in [0, 0.05) is 24.7 Å². The first-order valence-electron chi connectivity index (χ1n) is 4.43. The van der Waals surface area contributed by atoms with Crippen molar-refractivity contribution in [3.8, 4) is 0 Å². The highest BCUT2D eigenvalue weighted by molar-refractivity contribution is 5.84. The molecule has 1 unspecified atom stereocenters. The predicted octanol–water partition coefficient (Wildman–Crippen LogP) is 2.21. The average Bonchev–Trinajstić information content (AvgIpc) is 2.61. The van der Waals surface area contributed by atoms with Gasteiger partial charge in [0.1, 0.15) is 0 Å². The summed E-state index contributed by atoms with van der Waals surface area (Å²) in [5, 5.41) is 6.41. The van der Waals surface area contributed by atoms with Crippen molar-refractivity contribution in [1.29, 1.82) is 0 Å². The van der Waals surface area contributed by atoms with Crippen LogP contribution in [-0.2, 0) is 5.54 Å². The lowest BCUT2D eigenvalue weighted by Gasteiger charge is -2.30. The van der Waals surface area contributed by atoms with E-state index in [1.807, 2.05) is 18.1 Å². The third-order valence-electron chi connectivity index (χ3n) is 2.78. The Morgan fingerprint density at radius 3 is 2.85 bits per heavy atom. The first kappa shape index (κ1) is 8.35. The summed E-state index contributed by atoms with van der Waals surface area (Å²) in [6.07, 6.45) is 4.48. The SMILES string of the molecule is CC1=NN(C)C(C)(c2ccoc2)C1. The van der Waals surface area contributed by atoms with E-state index in [0.29, 0.717) is 0 Å². The summed E-state index contributed by atoms with van der Waals surface area (Å²) < 4.78 is 5.10. The molecule has 0 aromatic carbocycles. The molecule has 1 atom stereocenters. The maximum absolute atomic E-state index is 5.10. The molecule has 0 saturated carbocycles. The van der Waals surface area contributed by atoms with Crippen molar-refractivity contribution in [2.75, 3.05) is 7.05 Å². The number of hydrogen-bond acceptors (Lipinski definition) is 3. The standard InChI is InChI=1S/C10H14N2O/c1-8-6-10(2,12(3)11-8)9-4-5-13-7-9/h4-5,7H,6H2,1-3H3. The van der Waals surface area contributed by atoms with Crippen LogP contribution in [0.15, 0.2) is 28.1 Å². The molecule has 1 aromatic rings. The van der Waals surface area contributed by atoms with E-state index in [1.165, 1.54) is 11.3 Å². The molecule has 3 heteroatoms. The van der Waals surface area contributed by atoms with Crippen LogP contribution in [-0.4, -0.2) is 17.8 Å². The Balaban J connectivity index is 2.34. The Morgan fingerprint density at radius 2 is 2.38 bits per heavy atom. The summed E-state index contributed by atoms with van der Waals surface area (Å²) in [6, 6.07) is 2.00. The molecule has 1 aromatic heterocycles. The zero-order chi connectivity index (χ0) is 9.47. The van der Waals surface area contributed by atoms with Crippen molar-refractivity contribution in [2.45, 2.75) is 25.8 Å². The normalized spacial score (nSPS) is 27.9. The van der Waals surface area contributed by atoms with Gasteiger partial charge in [-0.2, -0.15) is 5.10 Å². The van der Waals surface area contributed by atoms with E-state index in [0.717, 1.165) is 6.42 Å². The van der Waals surface area contributed by atoms with Crippen LogP contribution in [0.4, 0.5) is 0 Å². The van der Waals surface area contributed by atoms with Gasteiger partial charge in [-0.1, -0.05) is 0 Å². The fourth-order valence-electron chi connectivity index (χ4n) is 1.87. The third-order valence-corrected chi connectivity index (χ3v) is 2.78. The van der Waals surface area contributed by atoms with Gasteiger partial charge >= 0.3 is 0 Å². The largest absolute Gasteiger partial charge is 0.472 e. The summed E-state index contributed by atoms with van der Waals surface area (Å²) in [5.41, 5.74) is 2.35. The maximum Gasteiger partial charge on any atom is 0.0958 e. The quantitative estimate of drug-likeness (QED) is 0.659. The van der Waals surface area contributed by atoms with E-state index in [2.05, 4.69) is 18.9 Å². The van der Waals surface area contributed by atoms with Crippen LogP contribution in [0.1, 0.15) is 25.8 Å². The summed E-state index contributed by atoms with van der Waals surface area (Å²) in [7, 11) is 2.00. The number of nitrogens with zero attached hydrogens (tertiary/aromatic N) is 2. The summed E-state index contributed by atoms with van der Waals surface area (Å²) in [6.45, 7) is 4.24. The van der Waals surface area contributed by atoms with Crippen molar-refractivity contribution in [1.82, 2.24) is 5.01 Å². The summed E-state index contributed by atoms with van der Waals surface area (Å²) in [5.74, 6) is 0. The number of hydrogen-bond donors (Lipinski definition) is 0. The Kier molecular flexibility index (Phi) is 1.68. The molecule has 0 bridgehead atoms. The minimum atomic E-state index is -0.0168. The first-order chi connectivity index (χ1) is 6.13. The van der Waals surface area contributed by atoms with Crippen LogP contribution < -0.4 is 0 Å². The molecule has 2 heterocycles. The fourth-order valence-corrected chi connectivity index (χ4v) is 1.87. The first-order valence-corrected chi connectivity index (χ1v) is 4.43. The zero-order valence-electron chi connectivity index (χ0n) is 8.24. The smallest absolute Gasteiger partial charge is 0.0958 e. The van der Waals surface area contributed by atoms with E-state index in [9.17, 15) is 0 Å². The lowest BCUT2D eigenvalue weighted by atomic mass is 9.90. The van der Waals surface area contributed by atoms with Crippen LogP contribution in [0.2, 0.25) is 0 Å².